The van der Waals surface area contributed by atoms with E-state index in [4.69, 9.17) is 14.6 Å². The molecule has 1 saturated heterocycles. The summed E-state index contributed by atoms with van der Waals surface area (Å²) in [6.07, 6.45) is -8.79. The van der Waals surface area contributed by atoms with Crippen LogP contribution in [0.4, 0.5) is 35.1 Å². The number of benzene rings is 2. The normalized spacial score (nSPS) is 15.7. The lowest BCUT2D eigenvalue weighted by atomic mass is 10.1. The van der Waals surface area contributed by atoms with Crippen LogP contribution in [0, 0.1) is 6.92 Å². The van der Waals surface area contributed by atoms with Gasteiger partial charge in [0.1, 0.15) is 11.6 Å². The number of halogens is 8. The molecule has 1 aliphatic rings. The highest BCUT2D eigenvalue weighted by atomic mass is 19.4. The lowest BCUT2D eigenvalue weighted by Gasteiger charge is -2.32. The molecule has 1 N–H and O–H groups in total. The van der Waals surface area contributed by atoms with Crippen LogP contribution < -0.4 is 10.3 Å². The van der Waals surface area contributed by atoms with Crippen molar-refractivity contribution >= 4 is 16.9 Å². The van der Waals surface area contributed by atoms with Gasteiger partial charge in [-0.2, -0.15) is 26.3 Å². The van der Waals surface area contributed by atoms with Crippen molar-refractivity contribution in [1.29, 1.82) is 0 Å². The molecule has 15 heteroatoms. The first-order valence-electron chi connectivity index (χ1n) is 12.2. The fourth-order valence-electron chi connectivity index (χ4n) is 4.29. The number of alkyl halides is 8. The van der Waals surface area contributed by atoms with Crippen LogP contribution >= 0.6 is 0 Å². The van der Waals surface area contributed by atoms with Crippen molar-refractivity contribution in [2.24, 2.45) is 0 Å². The van der Waals surface area contributed by atoms with E-state index in [0.717, 1.165) is 10.6 Å². The summed E-state index contributed by atoms with van der Waals surface area (Å²) in [4.78, 5) is 27.9. The van der Waals surface area contributed by atoms with Crippen molar-refractivity contribution < 1.29 is 49.8 Å². The molecular weight excluding hydrogens is 570 g/mol. The fraction of sp³-hybridized carbons (Fsp3) is 0.423. The van der Waals surface area contributed by atoms with Gasteiger partial charge in [0, 0.05) is 13.0 Å². The summed E-state index contributed by atoms with van der Waals surface area (Å²) < 4.78 is 106. The molecule has 1 aliphatic heterocycles. The predicted octanol–water partition coefficient (Wildman–Crippen LogP) is 5.85. The van der Waals surface area contributed by atoms with E-state index in [1.165, 1.54) is 12.1 Å². The number of fused-ring (bicyclic) bond motifs is 1. The highest BCUT2D eigenvalue weighted by Crippen LogP contribution is 2.33. The molecule has 0 saturated carbocycles. The first-order valence-corrected chi connectivity index (χ1v) is 12.2. The van der Waals surface area contributed by atoms with Crippen LogP contribution in [0.15, 0.2) is 47.3 Å². The molecule has 3 aromatic rings. The third kappa shape index (κ3) is 8.38. The number of aryl methyl sites for hydroxylation is 1. The Labute approximate surface area is 228 Å². The lowest BCUT2D eigenvalue weighted by molar-refractivity contribution is -0.192. The molecule has 0 radical (unpaired) electrons. The molecule has 0 aliphatic carbocycles. The van der Waals surface area contributed by atoms with Gasteiger partial charge in [-0.25, -0.2) is 18.6 Å². The molecule has 4 rings (SSSR count). The Kier molecular flexibility index (Phi) is 9.62. The Morgan fingerprint density at radius 2 is 1.71 bits per heavy atom. The average Bonchev–Trinajstić information content (AvgIpc) is 2.86. The smallest absolute Gasteiger partial charge is 0.490 e. The molecule has 1 aromatic heterocycles. The van der Waals surface area contributed by atoms with E-state index in [2.05, 4.69) is 4.98 Å². The Balaban J connectivity index is 0.000000587. The summed E-state index contributed by atoms with van der Waals surface area (Å²) >= 11 is 0. The van der Waals surface area contributed by atoms with Crippen LogP contribution in [0.2, 0.25) is 0 Å². The number of likely N-dealkylation sites (tertiary alicyclic amines) is 1. The quantitative estimate of drug-likeness (QED) is 0.285. The summed E-state index contributed by atoms with van der Waals surface area (Å²) in [5, 5.41) is 6.64. The standard InChI is InChI=1S/C24H24F5N3O2.C2HF3O2/c1-16-30-20-6-2-5-19(24(27,28)29)21(20)22(33)32(16)17-7-9-18(10-8-17)34-14-4-13-31-12-3-11-23(25,26)15-31;3-2(4,5)1(6)7/h2,5-10H,3-4,11-15H2,1H3;(H,6,7). The fourth-order valence-corrected chi connectivity index (χ4v) is 4.29. The van der Waals surface area contributed by atoms with Gasteiger partial charge in [0.2, 0.25) is 0 Å². The summed E-state index contributed by atoms with van der Waals surface area (Å²) in [7, 11) is 0. The Bertz CT molecular complexity index is 1420. The first-order chi connectivity index (χ1) is 19.0. The minimum absolute atomic E-state index is 0.0139. The number of nitrogens with zero attached hydrogens (tertiary/aromatic N) is 3. The third-order valence-corrected chi connectivity index (χ3v) is 6.07. The molecule has 0 spiro atoms. The van der Waals surface area contributed by atoms with E-state index < -0.39 is 40.8 Å². The van der Waals surface area contributed by atoms with Crippen LogP contribution in [0.3, 0.4) is 0 Å². The second-order valence-corrected chi connectivity index (χ2v) is 9.23. The van der Waals surface area contributed by atoms with Gasteiger partial charge in [-0.15, -0.1) is 0 Å². The monoisotopic (exact) mass is 595 g/mol. The molecule has 2 heterocycles. The minimum atomic E-state index is -5.08. The molecular formula is C26H25F8N3O4. The average molecular weight is 595 g/mol. The number of carboxylic acids is 1. The lowest BCUT2D eigenvalue weighted by Crippen LogP contribution is -2.43. The van der Waals surface area contributed by atoms with E-state index in [0.29, 0.717) is 44.0 Å². The predicted molar refractivity (Wildman–Crippen MR) is 132 cm³/mol. The number of aliphatic carboxylic acids is 1. The second kappa shape index (κ2) is 12.4. The zero-order chi connectivity index (χ0) is 30.6. The molecule has 7 nitrogen and oxygen atoms in total. The molecule has 0 atom stereocenters. The van der Waals surface area contributed by atoms with E-state index in [1.54, 1.807) is 36.1 Å². The Morgan fingerprint density at radius 1 is 1.07 bits per heavy atom. The van der Waals surface area contributed by atoms with Crippen molar-refractivity contribution in [1.82, 2.24) is 14.5 Å². The highest BCUT2D eigenvalue weighted by molar-refractivity contribution is 5.82. The molecule has 0 amide bonds. The number of ether oxygens (including phenoxy) is 1. The van der Waals surface area contributed by atoms with Gasteiger partial charge in [-0.05, 0) is 62.7 Å². The van der Waals surface area contributed by atoms with Crippen LogP contribution in [0.25, 0.3) is 16.6 Å². The summed E-state index contributed by atoms with van der Waals surface area (Å²) in [5.41, 5.74) is -1.48. The summed E-state index contributed by atoms with van der Waals surface area (Å²) in [6, 6.07) is 9.83. The highest BCUT2D eigenvalue weighted by Gasteiger charge is 2.38. The second-order valence-electron chi connectivity index (χ2n) is 9.23. The van der Waals surface area contributed by atoms with E-state index in [1.807, 2.05) is 0 Å². The number of hydrogen-bond donors (Lipinski definition) is 1. The van der Waals surface area contributed by atoms with Gasteiger partial charge in [0.25, 0.3) is 11.5 Å². The third-order valence-electron chi connectivity index (χ3n) is 6.07. The SMILES string of the molecule is Cc1nc2cccc(C(F)(F)F)c2c(=O)n1-c1ccc(OCCCN2CCCC(F)(F)C2)cc1.O=C(O)C(F)(F)F. The summed E-state index contributed by atoms with van der Waals surface area (Å²) in [6.45, 7) is 2.80. The topological polar surface area (TPSA) is 84.7 Å². The van der Waals surface area contributed by atoms with Gasteiger partial charge in [0.05, 0.1) is 35.3 Å². The van der Waals surface area contributed by atoms with Crippen LogP contribution in [0.5, 0.6) is 5.75 Å². The molecule has 1 fully saturated rings. The van der Waals surface area contributed by atoms with E-state index in [-0.39, 0.29) is 24.3 Å². The van der Waals surface area contributed by atoms with Crippen molar-refractivity contribution in [3.05, 3.63) is 64.2 Å². The molecule has 41 heavy (non-hydrogen) atoms. The van der Waals surface area contributed by atoms with Crippen LogP contribution in [-0.2, 0) is 11.0 Å². The maximum Gasteiger partial charge on any atom is 0.490 e. The van der Waals surface area contributed by atoms with E-state index in [9.17, 15) is 39.9 Å². The van der Waals surface area contributed by atoms with Crippen LogP contribution in [0.1, 0.15) is 30.7 Å². The maximum atomic E-state index is 13.5. The van der Waals surface area contributed by atoms with Crippen molar-refractivity contribution in [2.75, 3.05) is 26.2 Å². The van der Waals surface area contributed by atoms with Crippen LogP contribution in [-0.4, -0.2) is 63.9 Å². The molecule has 0 bridgehead atoms. The number of piperidine rings is 1. The summed E-state index contributed by atoms with van der Waals surface area (Å²) in [5.74, 6) is -4.64. The van der Waals surface area contributed by atoms with Gasteiger partial charge in [-0.3, -0.25) is 14.3 Å². The van der Waals surface area contributed by atoms with E-state index >= 15 is 0 Å². The van der Waals surface area contributed by atoms with Gasteiger partial charge >= 0.3 is 18.3 Å². The molecule has 224 valence electrons. The maximum absolute atomic E-state index is 13.5. The molecule has 0 unspecified atom stereocenters. The molecule has 2 aromatic carbocycles. The van der Waals surface area contributed by atoms with Crippen molar-refractivity contribution in [3.63, 3.8) is 0 Å². The number of carboxylic acid groups (broad SMARTS) is 1. The number of carbonyl (C=O) groups is 1. The van der Waals surface area contributed by atoms with Gasteiger partial charge in [0.15, 0.2) is 0 Å². The number of hydrogen-bond acceptors (Lipinski definition) is 5. The minimum Gasteiger partial charge on any atom is -0.494 e. The first kappa shape index (κ1) is 31.8. The zero-order valence-corrected chi connectivity index (χ0v) is 21.5. The number of aromatic nitrogens is 2. The van der Waals surface area contributed by atoms with Crippen molar-refractivity contribution in [2.45, 2.75) is 44.5 Å². The Hall–Kier alpha value is -3.75. The Morgan fingerprint density at radius 3 is 2.27 bits per heavy atom. The van der Waals surface area contributed by atoms with Crippen molar-refractivity contribution in [3.8, 4) is 11.4 Å². The number of rotatable bonds is 6. The zero-order valence-electron chi connectivity index (χ0n) is 21.5. The van der Waals surface area contributed by atoms with Gasteiger partial charge < -0.3 is 9.84 Å². The van der Waals surface area contributed by atoms with Gasteiger partial charge in [-0.1, -0.05) is 6.07 Å². The largest absolute Gasteiger partial charge is 0.494 e.